The van der Waals surface area contributed by atoms with Crippen LogP contribution in [0.1, 0.15) is 17.3 Å². The molecule has 2 aromatic rings. The molecule has 2 rings (SSSR count). The van der Waals surface area contributed by atoms with E-state index in [1.54, 1.807) is 36.4 Å². The Kier molecular flexibility index (Phi) is 6.98. The third kappa shape index (κ3) is 6.21. The average Bonchev–Trinajstić information content (AvgIpc) is 2.57. The summed E-state index contributed by atoms with van der Waals surface area (Å²) in [6, 6.07) is 14.2. The van der Waals surface area contributed by atoms with Crippen LogP contribution in [0.3, 0.4) is 0 Å². The number of hydrogen-bond donors (Lipinski definition) is 2. The summed E-state index contributed by atoms with van der Waals surface area (Å²) < 4.78 is 5.63. The van der Waals surface area contributed by atoms with E-state index >= 15 is 0 Å². The van der Waals surface area contributed by atoms with Crippen LogP contribution in [0.2, 0.25) is 5.02 Å². The number of nitrogens with one attached hydrogen (secondary N) is 2. The second-order valence-electron chi connectivity index (χ2n) is 5.84. The highest BCUT2D eigenvalue weighted by atomic mass is 35.5. The van der Waals surface area contributed by atoms with Gasteiger partial charge < -0.3 is 15.0 Å². The van der Waals surface area contributed by atoms with Crippen LogP contribution in [0.25, 0.3) is 0 Å². The van der Waals surface area contributed by atoms with Crippen LogP contribution in [-0.2, 0) is 4.79 Å². The minimum Gasteiger partial charge on any atom is -0.488 e. The van der Waals surface area contributed by atoms with Gasteiger partial charge in [-0.15, -0.1) is 0 Å². The van der Waals surface area contributed by atoms with Crippen LogP contribution in [0.4, 0.5) is 5.69 Å². The van der Waals surface area contributed by atoms with Gasteiger partial charge in [0.2, 0.25) is 0 Å². The molecule has 0 aliphatic carbocycles. The van der Waals surface area contributed by atoms with Crippen molar-refractivity contribution in [3.8, 4) is 5.75 Å². The summed E-state index contributed by atoms with van der Waals surface area (Å²) in [6.45, 7) is 2.93. The molecule has 0 aliphatic heterocycles. The van der Waals surface area contributed by atoms with E-state index in [4.69, 9.17) is 16.3 Å². The lowest BCUT2D eigenvalue weighted by Gasteiger charge is -2.15. The van der Waals surface area contributed by atoms with Gasteiger partial charge in [-0.25, -0.2) is 0 Å². The smallest absolute Gasteiger partial charge is 0.279 e. The molecule has 0 radical (unpaired) electrons. The summed E-state index contributed by atoms with van der Waals surface area (Å²) in [5.41, 5.74) is 1.06. The minimum absolute atomic E-state index is 0.0760. The van der Waals surface area contributed by atoms with Crippen LogP contribution >= 0.6 is 11.6 Å². The van der Waals surface area contributed by atoms with E-state index in [0.717, 1.165) is 10.6 Å². The van der Waals surface area contributed by atoms with E-state index < -0.39 is 0 Å². The highest BCUT2D eigenvalue weighted by Crippen LogP contribution is 2.15. The first-order valence-electron chi connectivity index (χ1n) is 8.05. The molecule has 132 valence electrons. The van der Waals surface area contributed by atoms with Crippen LogP contribution in [-0.4, -0.2) is 38.4 Å². The van der Waals surface area contributed by atoms with Gasteiger partial charge in [0, 0.05) is 10.6 Å². The largest absolute Gasteiger partial charge is 0.488 e. The summed E-state index contributed by atoms with van der Waals surface area (Å²) in [5, 5.41) is 3.47. The Bertz CT molecular complexity index is 732. The number of hydrogen-bond acceptors (Lipinski definition) is 3. The predicted molar refractivity (Wildman–Crippen MR) is 98.6 cm³/mol. The zero-order valence-corrected chi connectivity index (χ0v) is 15.1. The zero-order valence-electron chi connectivity index (χ0n) is 14.3. The molecule has 0 spiro atoms. The number of halogens is 1. The Morgan fingerprint density at radius 2 is 1.80 bits per heavy atom. The van der Waals surface area contributed by atoms with Crippen molar-refractivity contribution in [1.29, 1.82) is 0 Å². The maximum Gasteiger partial charge on any atom is 0.279 e. The first-order valence-corrected chi connectivity index (χ1v) is 8.43. The van der Waals surface area contributed by atoms with Crippen LogP contribution in [0, 0.1) is 0 Å². The second-order valence-corrected chi connectivity index (χ2v) is 6.27. The number of ketones is 1. The molecule has 1 atom stereocenters. The number of anilines is 1. The summed E-state index contributed by atoms with van der Waals surface area (Å²) in [6.07, 6.45) is 0. The fourth-order valence-corrected chi connectivity index (χ4v) is 2.46. The van der Waals surface area contributed by atoms with Gasteiger partial charge in [0.25, 0.3) is 5.91 Å². The van der Waals surface area contributed by atoms with Gasteiger partial charge in [0.1, 0.15) is 18.9 Å². The van der Waals surface area contributed by atoms with Gasteiger partial charge in [-0.3, -0.25) is 9.59 Å². The van der Waals surface area contributed by atoms with Crippen molar-refractivity contribution in [2.45, 2.75) is 6.92 Å². The summed E-state index contributed by atoms with van der Waals surface area (Å²) in [7, 11) is 1.92. The SMILES string of the molecule is CC(=O)c1ccccc1NC(=O)C[NH+](C)CCOc1ccc(Cl)cc1. The standard InChI is InChI=1S/C19H21ClN2O3/c1-14(23)17-5-3-4-6-18(17)21-19(24)13-22(2)11-12-25-16-9-7-15(20)8-10-16/h3-10H,11-13H2,1-2H3,(H,21,24)/p+1. The van der Waals surface area contributed by atoms with E-state index in [1.807, 2.05) is 19.2 Å². The fourth-order valence-electron chi connectivity index (χ4n) is 2.33. The topological polar surface area (TPSA) is 59.8 Å². The number of carbonyl (C=O) groups is 2. The lowest BCUT2D eigenvalue weighted by molar-refractivity contribution is -0.871. The van der Waals surface area contributed by atoms with E-state index in [0.29, 0.717) is 29.4 Å². The number of amides is 1. The Morgan fingerprint density at radius 3 is 2.48 bits per heavy atom. The molecular weight excluding hydrogens is 340 g/mol. The van der Waals surface area contributed by atoms with Crippen molar-refractivity contribution in [1.82, 2.24) is 0 Å². The monoisotopic (exact) mass is 361 g/mol. The predicted octanol–water partition coefficient (Wildman–Crippen LogP) is 2.07. The molecule has 0 aliphatic rings. The molecule has 2 aromatic carbocycles. The molecule has 6 heteroatoms. The zero-order chi connectivity index (χ0) is 18.2. The molecule has 1 amide bonds. The van der Waals surface area contributed by atoms with Gasteiger partial charge in [-0.1, -0.05) is 23.7 Å². The van der Waals surface area contributed by atoms with Crippen molar-refractivity contribution in [2.75, 3.05) is 32.1 Å². The van der Waals surface area contributed by atoms with E-state index in [9.17, 15) is 9.59 Å². The molecule has 0 fully saturated rings. The minimum atomic E-state index is -0.141. The fraction of sp³-hybridized carbons (Fsp3) is 0.263. The number of benzene rings is 2. The molecule has 1 unspecified atom stereocenters. The first-order chi connectivity index (χ1) is 12.0. The number of para-hydroxylation sites is 1. The van der Waals surface area contributed by atoms with Gasteiger partial charge in [-0.2, -0.15) is 0 Å². The highest BCUT2D eigenvalue weighted by Gasteiger charge is 2.13. The van der Waals surface area contributed by atoms with Crippen LogP contribution in [0.5, 0.6) is 5.75 Å². The van der Waals surface area contributed by atoms with Crippen LogP contribution in [0.15, 0.2) is 48.5 Å². The first kappa shape index (κ1) is 19.0. The molecule has 5 nitrogen and oxygen atoms in total. The summed E-state index contributed by atoms with van der Waals surface area (Å²) >= 11 is 5.83. The Balaban J connectivity index is 1.78. The van der Waals surface area contributed by atoms with Gasteiger partial charge in [-0.05, 0) is 43.3 Å². The van der Waals surface area contributed by atoms with Crippen molar-refractivity contribution in [3.63, 3.8) is 0 Å². The van der Waals surface area contributed by atoms with E-state index in [-0.39, 0.29) is 18.2 Å². The number of likely N-dealkylation sites (N-methyl/N-ethyl adjacent to an activating group) is 1. The number of rotatable bonds is 8. The second kappa shape index (κ2) is 9.20. The number of carbonyl (C=O) groups excluding carboxylic acids is 2. The summed E-state index contributed by atoms with van der Waals surface area (Å²) in [5.74, 6) is 0.530. The molecule has 25 heavy (non-hydrogen) atoms. The van der Waals surface area contributed by atoms with Crippen molar-refractivity contribution in [3.05, 3.63) is 59.1 Å². The number of Topliss-reactive ketones (excluding diaryl/α,β-unsaturated/α-hetero) is 1. The molecule has 0 heterocycles. The van der Waals surface area contributed by atoms with Crippen LogP contribution < -0.4 is 15.0 Å². The molecule has 0 saturated heterocycles. The molecule has 0 bridgehead atoms. The molecular formula is C19H22ClN2O3+. The lowest BCUT2D eigenvalue weighted by atomic mass is 10.1. The quantitative estimate of drug-likeness (QED) is 0.708. The molecule has 0 aromatic heterocycles. The maximum atomic E-state index is 12.2. The third-order valence-corrected chi connectivity index (χ3v) is 3.91. The van der Waals surface area contributed by atoms with Crippen molar-refractivity contribution >= 4 is 29.0 Å². The third-order valence-electron chi connectivity index (χ3n) is 3.65. The van der Waals surface area contributed by atoms with E-state index in [1.165, 1.54) is 6.92 Å². The number of quaternary nitrogens is 1. The lowest BCUT2D eigenvalue weighted by Crippen LogP contribution is -3.10. The highest BCUT2D eigenvalue weighted by molar-refractivity contribution is 6.30. The van der Waals surface area contributed by atoms with Crippen molar-refractivity contribution < 1.29 is 19.2 Å². The van der Waals surface area contributed by atoms with E-state index in [2.05, 4.69) is 5.32 Å². The molecule has 0 saturated carbocycles. The average molecular weight is 362 g/mol. The van der Waals surface area contributed by atoms with Gasteiger partial charge in [0.15, 0.2) is 12.3 Å². The Labute approximate surface area is 152 Å². The van der Waals surface area contributed by atoms with Crippen molar-refractivity contribution in [2.24, 2.45) is 0 Å². The maximum absolute atomic E-state index is 12.2. The normalized spacial score (nSPS) is 11.6. The Hall–Kier alpha value is -2.37. The summed E-state index contributed by atoms with van der Waals surface area (Å²) in [4.78, 5) is 24.8. The van der Waals surface area contributed by atoms with Gasteiger partial charge in [0.05, 0.1) is 12.7 Å². The number of ether oxygens (including phenoxy) is 1. The Morgan fingerprint density at radius 1 is 1.12 bits per heavy atom. The van der Waals surface area contributed by atoms with Gasteiger partial charge >= 0.3 is 0 Å². The molecule has 2 N–H and O–H groups in total.